The quantitative estimate of drug-likeness (QED) is 0.698. The second-order valence-electron chi connectivity index (χ2n) is 5.06. The van der Waals surface area contributed by atoms with E-state index in [0.29, 0.717) is 36.6 Å². The predicted octanol–water partition coefficient (Wildman–Crippen LogP) is 3.76. The van der Waals surface area contributed by atoms with E-state index in [1.54, 1.807) is 30.5 Å². The van der Waals surface area contributed by atoms with Crippen LogP contribution in [0.2, 0.25) is 0 Å². The van der Waals surface area contributed by atoms with Crippen molar-refractivity contribution in [2.45, 2.75) is 12.8 Å². The molecule has 0 saturated heterocycles. The lowest BCUT2D eigenvalue weighted by molar-refractivity contribution is 0.0997. The van der Waals surface area contributed by atoms with Gasteiger partial charge in [-0.15, -0.1) is 0 Å². The molecule has 6 heteroatoms. The molecule has 0 unspecified atom stereocenters. The van der Waals surface area contributed by atoms with Crippen molar-refractivity contribution in [2.24, 2.45) is 0 Å². The van der Waals surface area contributed by atoms with Gasteiger partial charge in [0.15, 0.2) is 17.3 Å². The highest BCUT2D eigenvalue weighted by molar-refractivity contribution is 6.04. The zero-order valence-electron chi connectivity index (χ0n) is 12.9. The maximum absolute atomic E-state index is 12.4. The van der Waals surface area contributed by atoms with E-state index in [-0.39, 0.29) is 5.76 Å². The van der Waals surface area contributed by atoms with Crippen molar-refractivity contribution in [2.75, 3.05) is 11.9 Å². The van der Waals surface area contributed by atoms with Gasteiger partial charge in [-0.3, -0.25) is 4.79 Å². The molecule has 3 rings (SSSR count). The van der Waals surface area contributed by atoms with Crippen LogP contribution in [0.4, 0.5) is 5.82 Å². The van der Waals surface area contributed by atoms with Gasteiger partial charge < -0.3 is 14.5 Å². The first-order valence-corrected chi connectivity index (χ1v) is 7.52. The highest BCUT2D eigenvalue weighted by Gasteiger charge is 2.15. The van der Waals surface area contributed by atoms with E-state index in [4.69, 9.17) is 14.4 Å². The van der Waals surface area contributed by atoms with Crippen LogP contribution < -0.4 is 10.1 Å². The van der Waals surface area contributed by atoms with Crippen LogP contribution in [0.1, 0.15) is 23.4 Å². The number of aromatic nitrogens is 1. The molecule has 0 radical (unpaired) electrons. The van der Waals surface area contributed by atoms with Crippen LogP contribution in [0.15, 0.2) is 53.1 Å². The number of anilines is 1. The Bertz CT molecular complexity index is 863. The van der Waals surface area contributed by atoms with Crippen molar-refractivity contribution in [1.82, 2.24) is 4.98 Å². The standard InChI is InChI=1S/C18H15N3O3/c19-9-3-4-11-23-15-8-5-10-20-17(15)21-18(22)16-12-13-6-1-2-7-14(13)24-16/h1-2,5-8,10,12H,3-4,11H2,(H,20,21,22). The molecular formula is C18H15N3O3. The summed E-state index contributed by atoms with van der Waals surface area (Å²) in [4.78, 5) is 16.5. The van der Waals surface area contributed by atoms with Crippen LogP contribution >= 0.6 is 0 Å². The van der Waals surface area contributed by atoms with Crippen molar-refractivity contribution >= 4 is 22.7 Å². The number of hydrogen-bond acceptors (Lipinski definition) is 5. The number of para-hydroxylation sites is 1. The number of carbonyl (C=O) groups is 1. The summed E-state index contributed by atoms with van der Waals surface area (Å²) in [7, 11) is 0. The second-order valence-corrected chi connectivity index (χ2v) is 5.06. The van der Waals surface area contributed by atoms with Crippen LogP contribution in [0.25, 0.3) is 11.0 Å². The maximum atomic E-state index is 12.4. The summed E-state index contributed by atoms with van der Waals surface area (Å²) in [6.45, 7) is 0.382. The first kappa shape index (κ1) is 15.6. The first-order valence-electron chi connectivity index (χ1n) is 7.52. The van der Waals surface area contributed by atoms with Crippen LogP contribution in [0.3, 0.4) is 0 Å². The van der Waals surface area contributed by atoms with Gasteiger partial charge in [0.05, 0.1) is 12.7 Å². The van der Waals surface area contributed by atoms with Gasteiger partial charge in [-0.05, 0) is 30.7 Å². The SMILES string of the molecule is N#CCCCOc1cccnc1NC(=O)c1cc2ccccc2o1. The number of rotatable bonds is 6. The molecule has 0 bridgehead atoms. The van der Waals surface area contributed by atoms with Crippen LogP contribution in [0, 0.1) is 11.3 Å². The van der Waals surface area contributed by atoms with E-state index in [9.17, 15) is 4.79 Å². The van der Waals surface area contributed by atoms with E-state index in [0.717, 1.165) is 5.39 Å². The number of nitrogens with one attached hydrogen (secondary N) is 1. The molecule has 1 amide bonds. The summed E-state index contributed by atoms with van der Waals surface area (Å²) in [5.74, 6) is 0.587. The highest BCUT2D eigenvalue weighted by atomic mass is 16.5. The molecular weight excluding hydrogens is 306 g/mol. The van der Waals surface area contributed by atoms with E-state index >= 15 is 0 Å². The van der Waals surface area contributed by atoms with Gasteiger partial charge in [-0.1, -0.05) is 18.2 Å². The molecule has 0 aliphatic rings. The minimum atomic E-state index is -0.397. The molecule has 2 heterocycles. The fourth-order valence-electron chi connectivity index (χ4n) is 2.20. The number of fused-ring (bicyclic) bond motifs is 1. The van der Waals surface area contributed by atoms with E-state index in [1.165, 1.54) is 0 Å². The van der Waals surface area contributed by atoms with Crippen LogP contribution in [-0.4, -0.2) is 17.5 Å². The number of pyridine rings is 1. The lowest BCUT2D eigenvalue weighted by atomic mass is 10.2. The van der Waals surface area contributed by atoms with Gasteiger partial charge >= 0.3 is 0 Å². The number of nitrogens with zero attached hydrogens (tertiary/aromatic N) is 2. The van der Waals surface area contributed by atoms with Crippen molar-refractivity contribution in [1.29, 1.82) is 5.26 Å². The van der Waals surface area contributed by atoms with Gasteiger partial charge in [0.25, 0.3) is 5.91 Å². The Kier molecular flexibility index (Phi) is 4.73. The van der Waals surface area contributed by atoms with Crippen molar-refractivity contribution in [3.05, 3.63) is 54.4 Å². The lowest BCUT2D eigenvalue weighted by Gasteiger charge is -2.10. The number of hydrogen-bond donors (Lipinski definition) is 1. The normalized spacial score (nSPS) is 10.3. The molecule has 24 heavy (non-hydrogen) atoms. The number of carbonyl (C=O) groups excluding carboxylic acids is 1. The second kappa shape index (κ2) is 7.29. The number of nitriles is 1. The fraction of sp³-hybridized carbons (Fsp3) is 0.167. The molecule has 3 aromatic rings. The molecule has 0 aliphatic heterocycles. The minimum absolute atomic E-state index is 0.206. The zero-order valence-corrected chi connectivity index (χ0v) is 12.9. The molecule has 0 atom stereocenters. The van der Waals surface area contributed by atoms with Gasteiger partial charge in [0.1, 0.15) is 5.58 Å². The van der Waals surface area contributed by atoms with Crippen LogP contribution in [0.5, 0.6) is 5.75 Å². The Morgan fingerprint density at radius 1 is 1.29 bits per heavy atom. The topological polar surface area (TPSA) is 88.1 Å². The largest absolute Gasteiger partial charge is 0.490 e. The van der Waals surface area contributed by atoms with E-state index in [1.807, 2.05) is 18.2 Å². The van der Waals surface area contributed by atoms with Crippen LogP contribution in [-0.2, 0) is 0 Å². The summed E-state index contributed by atoms with van der Waals surface area (Å²) < 4.78 is 11.1. The third kappa shape index (κ3) is 3.52. The average Bonchev–Trinajstić information content (AvgIpc) is 3.04. The summed E-state index contributed by atoms with van der Waals surface area (Å²) >= 11 is 0. The van der Waals surface area contributed by atoms with E-state index < -0.39 is 5.91 Å². The number of ether oxygens (including phenoxy) is 1. The average molecular weight is 321 g/mol. The van der Waals surface area contributed by atoms with Crippen molar-refractivity contribution in [3.63, 3.8) is 0 Å². The Hall–Kier alpha value is -3.33. The Labute approximate surface area is 138 Å². The highest BCUT2D eigenvalue weighted by Crippen LogP contribution is 2.24. The Morgan fingerprint density at radius 3 is 3.00 bits per heavy atom. The molecule has 0 fully saturated rings. The van der Waals surface area contributed by atoms with Gasteiger partial charge in [-0.25, -0.2) is 4.98 Å². The predicted molar refractivity (Wildman–Crippen MR) is 88.7 cm³/mol. The molecule has 120 valence electrons. The minimum Gasteiger partial charge on any atom is -0.490 e. The first-order chi connectivity index (χ1) is 11.8. The number of unbranched alkanes of at least 4 members (excludes halogenated alkanes) is 1. The summed E-state index contributed by atoms with van der Waals surface area (Å²) in [6, 6.07) is 14.6. The zero-order chi connectivity index (χ0) is 16.8. The molecule has 1 N–H and O–H groups in total. The third-order valence-electron chi connectivity index (χ3n) is 3.34. The number of amides is 1. The Balaban J connectivity index is 1.73. The number of benzene rings is 1. The molecule has 0 spiro atoms. The van der Waals surface area contributed by atoms with E-state index in [2.05, 4.69) is 16.4 Å². The Morgan fingerprint density at radius 2 is 2.17 bits per heavy atom. The molecule has 0 saturated carbocycles. The van der Waals surface area contributed by atoms with Gasteiger partial charge in [0.2, 0.25) is 0 Å². The molecule has 6 nitrogen and oxygen atoms in total. The van der Waals surface area contributed by atoms with Crippen molar-refractivity contribution in [3.8, 4) is 11.8 Å². The third-order valence-corrected chi connectivity index (χ3v) is 3.34. The number of furan rings is 1. The maximum Gasteiger partial charge on any atom is 0.292 e. The van der Waals surface area contributed by atoms with Gasteiger partial charge in [-0.2, -0.15) is 5.26 Å². The molecule has 0 aliphatic carbocycles. The lowest BCUT2D eigenvalue weighted by Crippen LogP contribution is -2.13. The summed E-state index contributed by atoms with van der Waals surface area (Å²) in [5, 5.41) is 12.1. The smallest absolute Gasteiger partial charge is 0.292 e. The van der Waals surface area contributed by atoms with Gasteiger partial charge in [0, 0.05) is 18.0 Å². The van der Waals surface area contributed by atoms with Crippen molar-refractivity contribution < 1.29 is 13.9 Å². The fourth-order valence-corrected chi connectivity index (χ4v) is 2.20. The molecule has 1 aromatic carbocycles. The summed E-state index contributed by atoms with van der Waals surface area (Å²) in [6.07, 6.45) is 2.60. The monoisotopic (exact) mass is 321 g/mol. The molecule has 2 aromatic heterocycles. The summed E-state index contributed by atoms with van der Waals surface area (Å²) in [5.41, 5.74) is 0.650.